The molecule has 1 heterocycles. The van der Waals surface area contributed by atoms with Gasteiger partial charge in [-0.15, -0.1) is 0 Å². The molecule has 1 aliphatic rings. The van der Waals surface area contributed by atoms with Crippen LogP contribution in [0, 0.1) is 0 Å². The minimum absolute atomic E-state index is 0.241. The maximum Gasteiger partial charge on any atom is 0.223 e. The molecule has 0 aliphatic carbocycles. The molecule has 1 aliphatic heterocycles. The number of nitrogens with zero attached hydrogens (tertiary/aromatic N) is 2. The fraction of sp³-hybridized carbons (Fsp3) is 0.900. The van der Waals surface area contributed by atoms with Gasteiger partial charge in [-0.2, -0.15) is 0 Å². The Labute approximate surface area is 80.7 Å². The molecule has 1 unspecified atom stereocenters. The van der Waals surface area contributed by atoms with Crippen LogP contribution in [0.5, 0.6) is 0 Å². The van der Waals surface area contributed by atoms with Gasteiger partial charge in [0.25, 0.3) is 0 Å². The van der Waals surface area contributed by atoms with Crippen LogP contribution >= 0.6 is 0 Å². The van der Waals surface area contributed by atoms with E-state index in [0.29, 0.717) is 5.91 Å². The smallest absolute Gasteiger partial charge is 0.223 e. The van der Waals surface area contributed by atoms with Crippen LogP contribution in [0.2, 0.25) is 0 Å². The average Bonchev–Trinajstić information content (AvgIpc) is 2.28. The summed E-state index contributed by atoms with van der Waals surface area (Å²) in [6, 6.07) is 0. The van der Waals surface area contributed by atoms with E-state index in [1.165, 1.54) is 6.42 Å². The van der Waals surface area contributed by atoms with Crippen LogP contribution in [0.15, 0.2) is 0 Å². The van der Waals surface area contributed by atoms with Crippen LogP contribution in [0.25, 0.3) is 0 Å². The van der Waals surface area contributed by atoms with Gasteiger partial charge in [0.2, 0.25) is 5.91 Å². The summed E-state index contributed by atoms with van der Waals surface area (Å²) in [6.45, 7) is 3.02. The van der Waals surface area contributed by atoms with Crippen molar-refractivity contribution in [2.75, 3.05) is 20.6 Å². The van der Waals surface area contributed by atoms with Crippen molar-refractivity contribution in [3.63, 3.8) is 0 Å². The lowest BCUT2D eigenvalue weighted by Crippen LogP contribution is -2.46. The fourth-order valence-corrected chi connectivity index (χ4v) is 1.68. The topological polar surface area (TPSA) is 23.6 Å². The first-order valence-electron chi connectivity index (χ1n) is 5.09. The van der Waals surface area contributed by atoms with Crippen LogP contribution in [0.1, 0.15) is 32.6 Å². The van der Waals surface area contributed by atoms with Crippen molar-refractivity contribution in [2.24, 2.45) is 0 Å². The molecule has 1 saturated heterocycles. The van der Waals surface area contributed by atoms with Gasteiger partial charge in [-0.25, -0.2) is 0 Å². The first kappa shape index (κ1) is 10.5. The van der Waals surface area contributed by atoms with Crippen LogP contribution in [0.3, 0.4) is 0 Å². The SMILES string of the molecule is CC(N(C)C)N1CCCCCC1=O. The largest absolute Gasteiger partial charge is 0.327 e. The van der Waals surface area contributed by atoms with Gasteiger partial charge in [-0.1, -0.05) is 6.42 Å². The maximum atomic E-state index is 11.7. The lowest BCUT2D eigenvalue weighted by Gasteiger charge is -2.32. The summed E-state index contributed by atoms with van der Waals surface area (Å²) in [5.41, 5.74) is 0. The zero-order valence-electron chi connectivity index (χ0n) is 8.92. The average molecular weight is 184 g/mol. The van der Waals surface area contributed by atoms with Gasteiger partial charge >= 0.3 is 0 Å². The second-order valence-corrected chi connectivity index (χ2v) is 3.99. The molecule has 0 bridgehead atoms. The van der Waals surface area contributed by atoms with E-state index in [4.69, 9.17) is 0 Å². The van der Waals surface area contributed by atoms with E-state index in [1.807, 2.05) is 19.0 Å². The highest BCUT2D eigenvalue weighted by Crippen LogP contribution is 2.14. The summed E-state index contributed by atoms with van der Waals surface area (Å²) in [7, 11) is 4.03. The van der Waals surface area contributed by atoms with Gasteiger partial charge in [0, 0.05) is 13.0 Å². The monoisotopic (exact) mass is 184 g/mol. The van der Waals surface area contributed by atoms with Crippen molar-refractivity contribution in [1.29, 1.82) is 0 Å². The number of rotatable bonds is 2. The second kappa shape index (κ2) is 4.61. The Morgan fingerprint density at radius 3 is 2.62 bits per heavy atom. The predicted molar refractivity (Wildman–Crippen MR) is 53.3 cm³/mol. The van der Waals surface area contributed by atoms with Gasteiger partial charge in [-0.3, -0.25) is 9.69 Å². The molecule has 0 radical (unpaired) electrons. The van der Waals surface area contributed by atoms with Crippen molar-refractivity contribution in [1.82, 2.24) is 9.80 Å². The Balaban J connectivity index is 2.58. The van der Waals surface area contributed by atoms with Crippen molar-refractivity contribution < 1.29 is 4.79 Å². The first-order valence-corrected chi connectivity index (χ1v) is 5.09. The van der Waals surface area contributed by atoms with Gasteiger partial charge in [0.1, 0.15) is 0 Å². The Morgan fingerprint density at radius 2 is 2.00 bits per heavy atom. The molecule has 0 aromatic carbocycles. The van der Waals surface area contributed by atoms with E-state index < -0.39 is 0 Å². The van der Waals surface area contributed by atoms with E-state index >= 15 is 0 Å². The summed E-state index contributed by atoms with van der Waals surface area (Å²) in [5, 5.41) is 0. The molecule has 3 nitrogen and oxygen atoms in total. The minimum Gasteiger partial charge on any atom is -0.327 e. The lowest BCUT2D eigenvalue weighted by atomic mass is 10.2. The standard InChI is InChI=1S/C10H20N2O/c1-9(11(2)3)12-8-6-4-5-7-10(12)13/h9H,4-8H2,1-3H3. The third-order valence-corrected chi connectivity index (χ3v) is 2.81. The highest BCUT2D eigenvalue weighted by molar-refractivity contribution is 5.76. The van der Waals surface area contributed by atoms with Crippen molar-refractivity contribution in [3.05, 3.63) is 0 Å². The Hall–Kier alpha value is -0.570. The fourth-order valence-electron chi connectivity index (χ4n) is 1.68. The minimum atomic E-state index is 0.241. The Morgan fingerprint density at radius 1 is 1.31 bits per heavy atom. The highest BCUT2D eigenvalue weighted by Gasteiger charge is 2.22. The zero-order chi connectivity index (χ0) is 9.84. The van der Waals surface area contributed by atoms with Gasteiger partial charge < -0.3 is 4.90 Å². The molecule has 0 saturated carbocycles. The highest BCUT2D eigenvalue weighted by atomic mass is 16.2. The molecular formula is C10H20N2O. The third kappa shape index (κ3) is 2.69. The van der Waals surface area contributed by atoms with Crippen molar-refractivity contribution in [2.45, 2.75) is 38.8 Å². The summed E-state index contributed by atoms with van der Waals surface area (Å²) in [5.74, 6) is 0.318. The van der Waals surface area contributed by atoms with E-state index in [1.54, 1.807) is 0 Å². The zero-order valence-corrected chi connectivity index (χ0v) is 8.92. The maximum absolute atomic E-state index is 11.7. The van der Waals surface area contributed by atoms with Gasteiger partial charge in [0.15, 0.2) is 0 Å². The molecule has 1 fully saturated rings. The molecule has 0 N–H and O–H groups in total. The van der Waals surface area contributed by atoms with Crippen LogP contribution in [-0.4, -0.2) is 42.5 Å². The third-order valence-electron chi connectivity index (χ3n) is 2.81. The van der Waals surface area contributed by atoms with E-state index in [-0.39, 0.29) is 6.17 Å². The van der Waals surface area contributed by atoms with Crippen LogP contribution in [-0.2, 0) is 4.79 Å². The molecule has 13 heavy (non-hydrogen) atoms. The first-order chi connectivity index (χ1) is 6.13. The molecule has 0 aromatic rings. The van der Waals surface area contributed by atoms with Crippen molar-refractivity contribution in [3.8, 4) is 0 Å². The quantitative estimate of drug-likeness (QED) is 0.645. The Bertz CT molecular complexity index is 180. The molecule has 1 amide bonds. The molecule has 1 rings (SSSR count). The van der Waals surface area contributed by atoms with Gasteiger partial charge in [0.05, 0.1) is 6.17 Å². The van der Waals surface area contributed by atoms with E-state index in [2.05, 4.69) is 11.8 Å². The summed E-state index contributed by atoms with van der Waals surface area (Å²) in [6.07, 6.45) is 4.39. The predicted octanol–water partition coefficient (Wildman–Crippen LogP) is 1.30. The number of hydrogen-bond acceptors (Lipinski definition) is 2. The van der Waals surface area contributed by atoms with Crippen LogP contribution < -0.4 is 0 Å². The normalized spacial score (nSPS) is 21.8. The molecule has 3 heteroatoms. The molecule has 0 spiro atoms. The molecule has 1 atom stereocenters. The Kier molecular flexibility index (Phi) is 3.72. The molecule has 0 aromatic heterocycles. The lowest BCUT2D eigenvalue weighted by molar-refractivity contribution is -0.135. The van der Waals surface area contributed by atoms with Crippen LogP contribution in [0.4, 0.5) is 0 Å². The van der Waals surface area contributed by atoms with Gasteiger partial charge in [-0.05, 0) is 33.9 Å². The number of hydrogen-bond donors (Lipinski definition) is 0. The van der Waals surface area contributed by atoms with E-state index in [9.17, 15) is 4.79 Å². The number of carbonyl (C=O) groups is 1. The summed E-state index contributed by atoms with van der Waals surface area (Å²) >= 11 is 0. The molecular weight excluding hydrogens is 164 g/mol. The molecule has 76 valence electrons. The summed E-state index contributed by atoms with van der Waals surface area (Å²) in [4.78, 5) is 15.7. The second-order valence-electron chi connectivity index (χ2n) is 3.99. The number of amides is 1. The summed E-state index contributed by atoms with van der Waals surface area (Å²) < 4.78 is 0. The van der Waals surface area contributed by atoms with Crippen molar-refractivity contribution >= 4 is 5.91 Å². The van der Waals surface area contributed by atoms with E-state index in [0.717, 1.165) is 25.8 Å². The number of carbonyl (C=O) groups excluding carboxylic acids is 1. The number of likely N-dealkylation sites (tertiary alicyclic amines) is 1.